The highest BCUT2D eigenvalue weighted by atomic mass is 16.5. The molecule has 2 rings (SSSR count). The lowest BCUT2D eigenvalue weighted by molar-refractivity contribution is -0.122. The van der Waals surface area contributed by atoms with Crippen molar-refractivity contribution in [1.82, 2.24) is 9.97 Å². The summed E-state index contributed by atoms with van der Waals surface area (Å²) in [4.78, 5) is 19.9. The van der Waals surface area contributed by atoms with E-state index in [4.69, 9.17) is 4.74 Å². The monoisotopic (exact) mass is 271 g/mol. The van der Waals surface area contributed by atoms with Gasteiger partial charge in [0, 0.05) is 12.4 Å². The molecule has 1 unspecified atom stereocenters. The summed E-state index contributed by atoms with van der Waals surface area (Å²) in [5, 5.41) is 2.61. The van der Waals surface area contributed by atoms with E-state index in [1.807, 2.05) is 32.0 Å². The Bertz CT molecular complexity index is 599. The van der Waals surface area contributed by atoms with Crippen LogP contribution in [0.1, 0.15) is 18.1 Å². The summed E-state index contributed by atoms with van der Waals surface area (Å²) < 4.78 is 5.67. The van der Waals surface area contributed by atoms with Gasteiger partial charge >= 0.3 is 0 Å². The molecule has 0 aliphatic rings. The first-order valence-corrected chi connectivity index (χ1v) is 6.38. The van der Waals surface area contributed by atoms with Crippen LogP contribution in [0.4, 0.5) is 5.95 Å². The Hall–Kier alpha value is -2.43. The fourth-order valence-corrected chi connectivity index (χ4v) is 1.75. The molecule has 0 aliphatic heterocycles. The van der Waals surface area contributed by atoms with Crippen molar-refractivity contribution in [3.63, 3.8) is 0 Å². The minimum Gasteiger partial charge on any atom is -0.481 e. The van der Waals surface area contributed by atoms with Crippen molar-refractivity contribution >= 4 is 11.9 Å². The van der Waals surface area contributed by atoms with Gasteiger partial charge < -0.3 is 4.74 Å². The Kier molecular flexibility index (Phi) is 4.30. The van der Waals surface area contributed by atoms with Crippen molar-refractivity contribution < 1.29 is 9.53 Å². The van der Waals surface area contributed by atoms with Crippen LogP contribution in [0.25, 0.3) is 0 Å². The van der Waals surface area contributed by atoms with E-state index in [9.17, 15) is 4.79 Å². The summed E-state index contributed by atoms with van der Waals surface area (Å²) in [7, 11) is 0. The molecule has 20 heavy (non-hydrogen) atoms. The van der Waals surface area contributed by atoms with Crippen LogP contribution in [0, 0.1) is 13.8 Å². The molecule has 0 aliphatic carbocycles. The van der Waals surface area contributed by atoms with Crippen LogP contribution in [-0.4, -0.2) is 22.0 Å². The van der Waals surface area contributed by atoms with Gasteiger partial charge in [-0.1, -0.05) is 17.7 Å². The fourth-order valence-electron chi connectivity index (χ4n) is 1.75. The predicted octanol–water partition coefficient (Wildman–Crippen LogP) is 2.50. The summed E-state index contributed by atoms with van der Waals surface area (Å²) in [6.45, 7) is 5.66. The van der Waals surface area contributed by atoms with Crippen molar-refractivity contribution in [2.24, 2.45) is 0 Å². The number of nitrogens with one attached hydrogen (secondary N) is 1. The lowest BCUT2D eigenvalue weighted by atomic mass is 10.1. The maximum atomic E-state index is 12.0. The van der Waals surface area contributed by atoms with Gasteiger partial charge in [-0.3, -0.25) is 10.1 Å². The van der Waals surface area contributed by atoms with Crippen molar-refractivity contribution in [3.05, 3.63) is 47.8 Å². The topological polar surface area (TPSA) is 64.1 Å². The molecule has 5 nitrogen and oxygen atoms in total. The second kappa shape index (κ2) is 6.14. The largest absolute Gasteiger partial charge is 0.481 e. The minimum atomic E-state index is -0.625. The molecule has 1 atom stereocenters. The number of rotatable bonds is 4. The highest BCUT2D eigenvalue weighted by molar-refractivity contribution is 5.92. The number of carbonyl (C=O) groups excluding carboxylic acids is 1. The molecular formula is C15H17N3O2. The molecule has 1 aromatic heterocycles. The van der Waals surface area contributed by atoms with Crippen LogP contribution in [0.2, 0.25) is 0 Å². The van der Waals surface area contributed by atoms with E-state index in [0.29, 0.717) is 5.75 Å². The van der Waals surface area contributed by atoms with Gasteiger partial charge in [-0.25, -0.2) is 9.97 Å². The number of aryl methyl sites for hydroxylation is 2. The second-order valence-corrected chi connectivity index (χ2v) is 4.59. The summed E-state index contributed by atoms with van der Waals surface area (Å²) in [5.41, 5.74) is 2.16. The van der Waals surface area contributed by atoms with E-state index in [-0.39, 0.29) is 11.9 Å². The molecule has 104 valence electrons. The highest BCUT2D eigenvalue weighted by Gasteiger charge is 2.16. The molecule has 0 fully saturated rings. The number of hydrogen-bond acceptors (Lipinski definition) is 4. The molecule has 2 aromatic rings. The van der Waals surface area contributed by atoms with Gasteiger partial charge in [0.2, 0.25) is 5.95 Å². The molecule has 1 N–H and O–H groups in total. The van der Waals surface area contributed by atoms with Crippen LogP contribution < -0.4 is 10.1 Å². The summed E-state index contributed by atoms with van der Waals surface area (Å²) in [5.74, 6) is 0.692. The average Bonchev–Trinajstić information content (AvgIpc) is 2.43. The number of amides is 1. The van der Waals surface area contributed by atoms with Gasteiger partial charge in [-0.15, -0.1) is 0 Å². The molecular weight excluding hydrogens is 254 g/mol. The highest BCUT2D eigenvalue weighted by Crippen LogP contribution is 2.20. The molecule has 0 bridgehead atoms. The number of aromatic nitrogens is 2. The maximum absolute atomic E-state index is 12.0. The summed E-state index contributed by atoms with van der Waals surface area (Å²) in [6, 6.07) is 7.52. The van der Waals surface area contributed by atoms with Gasteiger partial charge in [0.05, 0.1) is 0 Å². The van der Waals surface area contributed by atoms with E-state index >= 15 is 0 Å². The lowest BCUT2D eigenvalue weighted by Gasteiger charge is -2.15. The van der Waals surface area contributed by atoms with Crippen molar-refractivity contribution in [2.45, 2.75) is 26.9 Å². The summed E-state index contributed by atoms with van der Waals surface area (Å²) >= 11 is 0. The van der Waals surface area contributed by atoms with Crippen LogP contribution in [-0.2, 0) is 4.79 Å². The molecule has 0 spiro atoms. The molecule has 1 amide bonds. The third-order valence-corrected chi connectivity index (χ3v) is 2.80. The zero-order chi connectivity index (χ0) is 14.5. The first-order valence-electron chi connectivity index (χ1n) is 6.38. The van der Waals surface area contributed by atoms with Crippen LogP contribution in [0.5, 0.6) is 5.75 Å². The SMILES string of the molecule is Cc1ccc(OC(C)C(=O)Nc2ncccn2)c(C)c1. The van der Waals surface area contributed by atoms with Crippen molar-refractivity contribution in [3.8, 4) is 5.75 Å². The van der Waals surface area contributed by atoms with Gasteiger partial charge in [-0.05, 0) is 38.5 Å². The smallest absolute Gasteiger partial charge is 0.267 e. The molecule has 0 saturated carbocycles. The lowest BCUT2D eigenvalue weighted by Crippen LogP contribution is -2.31. The molecule has 0 radical (unpaired) electrons. The molecule has 5 heteroatoms. The van der Waals surface area contributed by atoms with Crippen LogP contribution in [0.3, 0.4) is 0 Å². The van der Waals surface area contributed by atoms with E-state index in [2.05, 4.69) is 15.3 Å². The number of anilines is 1. The Morgan fingerprint density at radius 2 is 1.95 bits per heavy atom. The summed E-state index contributed by atoms with van der Waals surface area (Å²) in [6.07, 6.45) is 2.51. The van der Waals surface area contributed by atoms with Gasteiger partial charge in [0.1, 0.15) is 5.75 Å². The predicted molar refractivity (Wildman–Crippen MR) is 76.7 cm³/mol. The maximum Gasteiger partial charge on any atom is 0.267 e. The Balaban J connectivity index is 2.00. The number of carbonyl (C=O) groups is 1. The zero-order valence-corrected chi connectivity index (χ0v) is 11.8. The van der Waals surface area contributed by atoms with Gasteiger partial charge in [0.25, 0.3) is 5.91 Å². The molecule has 1 aromatic carbocycles. The Morgan fingerprint density at radius 3 is 2.60 bits per heavy atom. The van der Waals surface area contributed by atoms with E-state index in [1.165, 1.54) is 0 Å². The van der Waals surface area contributed by atoms with Crippen LogP contribution >= 0.6 is 0 Å². The fraction of sp³-hybridized carbons (Fsp3) is 0.267. The minimum absolute atomic E-state index is 0.272. The molecule has 1 heterocycles. The number of benzene rings is 1. The van der Waals surface area contributed by atoms with Crippen molar-refractivity contribution in [2.75, 3.05) is 5.32 Å². The Morgan fingerprint density at radius 1 is 1.25 bits per heavy atom. The van der Waals surface area contributed by atoms with Gasteiger partial charge in [0.15, 0.2) is 6.10 Å². The first kappa shape index (κ1) is 14.0. The van der Waals surface area contributed by atoms with Crippen LogP contribution in [0.15, 0.2) is 36.7 Å². The van der Waals surface area contributed by atoms with E-state index < -0.39 is 6.10 Å². The third kappa shape index (κ3) is 3.54. The standard InChI is InChI=1S/C15H17N3O2/c1-10-5-6-13(11(2)9-10)20-12(3)14(19)18-15-16-7-4-8-17-15/h4-9,12H,1-3H3,(H,16,17,18,19). The number of nitrogens with zero attached hydrogens (tertiary/aromatic N) is 2. The molecule has 0 saturated heterocycles. The average molecular weight is 271 g/mol. The van der Waals surface area contributed by atoms with E-state index in [1.54, 1.807) is 25.4 Å². The zero-order valence-electron chi connectivity index (χ0n) is 11.8. The number of hydrogen-bond donors (Lipinski definition) is 1. The van der Waals surface area contributed by atoms with Crippen molar-refractivity contribution in [1.29, 1.82) is 0 Å². The Labute approximate surface area is 118 Å². The quantitative estimate of drug-likeness (QED) is 0.928. The van der Waals surface area contributed by atoms with Gasteiger partial charge in [-0.2, -0.15) is 0 Å². The first-order chi connectivity index (χ1) is 9.56. The normalized spacial score (nSPS) is 11.8. The number of ether oxygens (including phenoxy) is 1. The third-order valence-electron chi connectivity index (χ3n) is 2.80. The second-order valence-electron chi connectivity index (χ2n) is 4.59. The van der Waals surface area contributed by atoms with E-state index in [0.717, 1.165) is 11.1 Å².